The van der Waals surface area contributed by atoms with E-state index in [2.05, 4.69) is 27.7 Å². The Hall–Kier alpha value is 0.506. The van der Waals surface area contributed by atoms with Gasteiger partial charge in [0.05, 0.1) is 0 Å². The van der Waals surface area contributed by atoms with E-state index in [0.717, 1.165) is 11.8 Å². The van der Waals surface area contributed by atoms with E-state index < -0.39 is 0 Å². The quantitative estimate of drug-likeness (QED) is 0.612. The molecule has 59 valence electrons. The van der Waals surface area contributed by atoms with E-state index in [4.69, 9.17) is 0 Å². The predicted octanol–water partition coefficient (Wildman–Crippen LogP) is 3.22. The Balaban J connectivity index is 2.91. The van der Waals surface area contributed by atoms with Crippen LogP contribution in [0.15, 0.2) is 0 Å². The topological polar surface area (TPSA) is 0 Å². The van der Waals surface area contributed by atoms with Crippen LogP contribution in [0.1, 0.15) is 27.7 Å². The van der Waals surface area contributed by atoms with Crippen LogP contribution in [0.4, 0.5) is 0 Å². The Morgan fingerprint density at radius 2 is 1.22 bits per heavy atom. The first-order valence-corrected chi connectivity index (χ1v) is 5.07. The summed E-state index contributed by atoms with van der Waals surface area (Å²) < 4.78 is 0. The van der Waals surface area contributed by atoms with Crippen LogP contribution in [0.5, 0.6) is 0 Å². The van der Waals surface area contributed by atoms with Crippen molar-refractivity contribution in [3.05, 3.63) is 0 Å². The molecule has 0 amide bonds. The van der Waals surface area contributed by atoms with E-state index >= 15 is 0 Å². The maximum atomic E-state index is 2.28. The molecule has 0 aliphatic rings. The fourth-order valence-electron chi connectivity index (χ4n) is 0.440. The Morgan fingerprint density at radius 1 is 0.889 bits per heavy atom. The van der Waals surface area contributed by atoms with Gasteiger partial charge in [0.1, 0.15) is 0 Å². The molecule has 0 aromatic rings. The van der Waals surface area contributed by atoms with Gasteiger partial charge in [-0.25, -0.2) is 0 Å². The van der Waals surface area contributed by atoms with Crippen molar-refractivity contribution in [1.29, 1.82) is 0 Å². The molecule has 0 aliphatic carbocycles. The average Bonchev–Trinajstić information content (AvgIpc) is 1.63. The van der Waals surface area contributed by atoms with Crippen molar-refractivity contribution in [3.63, 3.8) is 0 Å². The van der Waals surface area contributed by atoms with E-state index in [1.165, 1.54) is 10.7 Å². The molecule has 0 heterocycles. The Labute approximate surface area is 65.4 Å². The first-order chi connectivity index (χ1) is 4.13. The van der Waals surface area contributed by atoms with Gasteiger partial charge < -0.3 is 0 Å². The first kappa shape index (κ1) is 9.51. The zero-order valence-corrected chi connectivity index (χ0v) is 7.94. The summed E-state index contributed by atoms with van der Waals surface area (Å²) in [6, 6.07) is 0. The zero-order valence-electron chi connectivity index (χ0n) is 6.90. The van der Waals surface area contributed by atoms with Crippen LogP contribution in [-0.2, 0) is 14.7 Å². The van der Waals surface area contributed by atoms with Gasteiger partial charge in [-0.15, -0.1) is 0 Å². The summed E-state index contributed by atoms with van der Waals surface area (Å²) >= 11 is 1.66. The Morgan fingerprint density at radius 3 is 1.44 bits per heavy atom. The van der Waals surface area contributed by atoms with Gasteiger partial charge in [0.15, 0.2) is 0 Å². The molecular formula is C8H18Co. The summed E-state index contributed by atoms with van der Waals surface area (Å²) in [5.41, 5.74) is 0. The third kappa shape index (κ3) is 8.51. The van der Waals surface area contributed by atoms with Gasteiger partial charge >= 0.3 is 64.9 Å². The SMILES string of the molecule is CC(C)[CH2][Co][CH2]C(C)C. The first-order valence-electron chi connectivity index (χ1n) is 3.60. The van der Waals surface area contributed by atoms with E-state index in [1.807, 2.05) is 0 Å². The summed E-state index contributed by atoms with van der Waals surface area (Å²) in [5, 5.41) is 2.74. The second kappa shape index (κ2) is 5.30. The molecule has 0 aliphatic heterocycles. The van der Waals surface area contributed by atoms with Crippen LogP contribution in [0.25, 0.3) is 0 Å². The minimum atomic E-state index is 0.878. The standard InChI is InChI=1S/2C4H9.Co/c2*1-4(2)3;/h2*4H,1H2,2-3H3;. The van der Waals surface area contributed by atoms with Gasteiger partial charge in [-0.3, -0.25) is 0 Å². The molecule has 0 bridgehead atoms. The molecule has 1 heteroatoms. The van der Waals surface area contributed by atoms with Crippen LogP contribution in [0.3, 0.4) is 0 Å². The molecule has 0 saturated carbocycles. The predicted molar refractivity (Wildman–Crippen MR) is 39.3 cm³/mol. The molecule has 0 unspecified atom stereocenters. The van der Waals surface area contributed by atoms with Crippen LogP contribution < -0.4 is 0 Å². The summed E-state index contributed by atoms with van der Waals surface area (Å²) in [7, 11) is 0. The molecule has 0 rings (SSSR count). The van der Waals surface area contributed by atoms with Crippen LogP contribution in [0, 0.1) is 11.8 Å². The molecule has 0 atom stereocenters. The zero-order chi connectivity index (χ0) is 7.28. The van der Waals surface area contributed by atoms with Crippen molar-refractivity contribution in [2.75, 3.05) is 0 Å². The molecule has 0 aromatic heterocycles. The van der Waals surface area contributed by atoms with Gasteiger partial charge in [0, 0.05) is 0 Å². The van der Waals surface area contributed by atoms with E-state index in [-0.39, 0.29) is 0 Å². The van der Waals surface area contributed by atoms with Crippen LogP contribution >= 0.6 is 0 Å². The normalized spacial score (nSPS) is 11.8. The molecule has 0 fully saturated rings. The maximum absolute atomic E-state index is 2.28. The van der Waals surface area contributed by atoms with Crippen LogP contribution in [0.2, 0.25) is 10.7 Å². The molecule has 0 saturated heterocycles. The fraction of sp³-hybridized carbons (Fsp3) is 1.00. The van der Waals surface area contributed by atoms with Gasteiger partial charge in [-0.1, -0.05) is 0 Å². The molecule has 0 spiro atoms. The van der Waals surface area contributed by atoms with E-state index in [0.29, 0.717) is 0 Å². The van der Waals surface area contributed by atoms with Crippen LogP contribution in [-0.4, -0.2) is 0 Å². The second-order valence-electron chi connectivity index (χ2n) is 3.23. The van der Waals surface area contributed by atoms with Gasteiger partial charge in [0.2, 0.25) is 0 Å². The van der Waals surface area contributed by atoms with Crippen molar-refractivity contribution in [2.24, 2.45) is 11.8 Å². The number of rotatable bonds is 4. The summed E-state index contributed by atoms with van der Waals surface area (Å²) in [6.07, 6.45) is 0. The molecule has 0 N–H and O–H groups in total. The minimum absolute atomic E-state index is 0.878. The fourth-order valence-corrected chi connectivity index (χ4v) is 1.82. The monoisotopic (exact) mass is 173 g/mol. The molecule has 0 nitrogen and oxygen atoms in total. The van der Waals surface area contributed by atoms with Gasteiger partial charge in [0.25, 0.3) is 0 Å². The van der Waals surface area contributed by atoms with E-state index in [9.17, 15) is 0 Å². The van der Waals surface area contributed by atoms with Crippen molar-refractivity contribution in [3.8, 4) is 0 Å². The van der Waals surface area contributed by atoms with E-state index in [1.54, 1.807) is 14.7 Å². The molecule has 0 aromatic carbocycles. The average molecular weight is 173 g/mol. The third-order valence-corrected chi connectivity index (χ3v) is 3.04. The van der Waals surface area contributed by atoms with Crippen molar-refractivity contribution < 1.29 is 14.7 Å². The Kier molecular flexibility index (Phi) is 5.60. The third-order valence-electron chi connectivity index (χ3n) is 0.737. The number of hydrogen-bond donors (Lipinski definition) is 0. The second-order valence-corrected chi connectivity index (χ2v) is 4.60. The van der Waals surface area contributed by atoms with Crippen molar-refractivity contribution in [2.45, 2.75) is 38.4 Å². The molecular weight excluding hydrogens is 155 g/mol. The summed E-state index contributed by atoms with van der Waals surface area (Å²) in [5.74, 6) is 1.76. The summed E-state index contributed by atoms with van der Waals surface area (Å²) in [6.45, 7) is 9.14. The van der Waals surface area contributed by atoms with Crippen molar-refractivity contribution in [1.82, 2.24) is 0 Å². The van der Waals surface area contributed by atoms with Gasteiger partial charge in [-0.05, 0) is 0 Å². The Bertz CT molecular complexity index is 49.6. The molecule has 9 heavy (non-hydrogen) atoms. The number of hydrogen-bond acceptors (Lipinski definition) is 0. The molecule has 0 radical (unpaired) electrons. The summed E-state index contributed by atoms with van der Waals surface area (Å²) in [4.78, 5) is 0. The van der Waals surface area contributed by atoms with Crippen molar-refractivity contribution >= 4 is 0 Å². The van der Waals surface area contributed by atoms with Gasteiger partial charge in [-0.2, -0.15) is 0 Å².